The lowest BCUT2D eigenvalue weighted by atomic mass is 10.00. The monoisotopic (exact) mass is 208 g/mol. The van der Waals surface area contributed by atoms with Gasteiger partial charge in [0, 0.05) is 0 Å². The first-order chi connectivity index (χ1) is 7.38. The predicted molar refractivity (Wildman–Crippen MR) is 69.2 cm³/mol. The first-order valence-electron chi connectivity index (χ1n) is 7.08. The van der Waals surface area contributed by atoms with Crippen molar-refractivity contribution in [2.75, 3.05) is 0 Å². The first-order valence-corrected chi connectivity index (χ1v) is 7.08. The molecule has 15 heavy (non-hydrogen) atoms. The van der Waals surface area contributed by atoms with Gasteiger partial charge in [-0.25, -0.2) is 0 Å². The van der Waals surface area contributed by atoms with Gasteiger partial charge in [-0.2, -0.15) is 0 Å². The van der Waals surface area contributed by atoms with E-state index in [0.29, 0.717) is 0 Å². The van der Waals surface area contributed by atoms with Crippen molar-refractivity contribution in [2.24, 2.45) is 0 Å². The molecule has 88 valence electrons. The van der Waals surface area contributed by atoms with Crippen molar-refractivity contribution in [3.8, 4) is 0 Å². The van der Waals surface area contributed by atoms with E-state index in [9.17, 15) is 0 Å². The summed E-state index contributed by atoms with van der Waals surface area (Å²) in [5.41, 5.74) is 3.69. The average molecular weight is 208 g/mol. The minimum atomic E-state index is 1.36. The zero-order valence-corrected chi connectivity index (χ0v) is 10.8. The van der Waals surface area contributed by atoms with Crippen molar-refractivity contribution in [1.29, 1.82) is 0 Å². The van der Waals surface area contributed by atoms with Gasteiger partial charge in [-0.05, 0) is 44.9 Å². The third kappa shape index (κ3) is 4.86. The molecule has 0 saturated carbocycles. The van der Waals surface area contributed by atoms with Gasteiger partial charge in [-0.15, -0.1) is 0 Å². The lowest BCUT2D eigenvalue weighted by molar-refractivity contribution is 0.686. The lowest BCUT2D eigenvalue weighted by Gasteiger charge is -2.07. The molecule has 0 spiro atoms. The minimum absolute atomic E-state index is 1.36. The number of hydrogen-bond acceptors (Lipinski definition) is 0. The first kappa shape index (κ1) is 12.8. The number of hydrogen-bond donors (Lipinski definition) is 0. The lowest BCUT2D eigenvalue weighted by Crippen LogP contribution is -1.87. The van der Waals surface area contributed by atoms with E-state index in [-0.39, 0.29) is 0 Å². The third-order valence-electron chi connectivity index (χ3n) is 3.62. The highest BCUT2D eigenvalue weighted by atomic mass is 14.2. The Morgan fingerprint density at radius 1 is 0.733 bits per heavy atom. The maximum absolute atomic E-state index is 2.30. The van der Waals surface area contributed by atoms with Gasteiger partial charge in [0.25, 0.3) is 0 Å². The van der Waals surface area contributed by atoms with E-state index in [0.717, 1.165) is 0 Å². The Kier molecular flexibility index (Phi) is 6.80. The molecule has 0 aliphatic heterocycles. The minimum Gasteiger partial charge on any atom is -0.0710 e. The van der Waals surface area contributed by atoms with Gasteiger partial charge in [0.05, 0.1) is 0 Å². The molecule has 0 heteroatoms. The van der Waals surface area contributed by atoms with Crippen LogP contribution < -0.4 is 0 Å². The summed E-state index contributed by atoms with van der Waals surface area (Å²) in [4.78, 5) is 0. The summed E-state index contributed by atoms with van der Waals surface area (Å²) >= 11 is 0. The molecule has 0 nitrogen and oxygen atoms in total. The van der Waals surface area contributed by atoms with E-state index in [1.165, 1.54) is 70.6 Å². The fourth-order valence-electron chi connectivity index (χ4n) is 2.65. The van der Waals surface area contributed by atoms with Crippen LogP contribution in [-0.4, -0.2) is 0 Å². The fraction of sp³-hybridized carbons (Fsp3) is 0.867. The van der Waals surface area contributed by atoms with Crippen molar-refractivity contribution in [3.63, 3.8) is 0 Å². The Balaban J connectivity index is 2.26. The molecule has 0 radical (unpaired) electrons. The Morgan fingerprint density at radius 3 is 1.60 bits per heavy atom. The molecule has 0 aromatic rings. The van der Waals surface area contributed by atoms with Crippen LogP contribution in [0.25, 0.3) is 0 Å². The van der Waals surface area contributed by atoms with E-state index in [1.54, 1.807) is 0 Å². The molecular weight excluding hydrogens is 180 g/mol. The molecular formula is C15H28. The van der Waals surface area contributed by atoms with Gasteiger partial charge in [-0.1, -0.05) is 50.7 Å². The topological polar surface area (TPSA) is 0 Å². The van der Waals surface area contributed by atoms with Crippen molar-refractivity contribution in [3.05, 3.63) is 11.1 Å². The standard InChI is InChI=1S/C15H28/c1-3-5-7-10-14-12-9-13-15(14)11-8-6-4-2/h3-13H2,1-2H3. The van der Waals surface area contributed by atoms with E-state index in [4.69, 9.17) is 0 Å². The Hall–Kier alpha value is -0.260. The summed E-state index contributed by atoms with van der Waals surface area (Å²) in [5.74, 6) is 0. The summed E-state index contributed by atoms with van der Waals surface area (Å²) in [6.07, 6.45) is 15.5. The van der Waals surface area contributed by atoms with Crippen LogP contribution in [0.5, 0.6) is 0 Å². The summed E-state index contributed by atoms with van der Waals surface area (Å²) in [5, 5.41) is 0. The van der Waals surface area contributed by atoms with Crippen molar-refractivity contribution >= 4 is 0 Å². The summed E-state index contributed by atoms with van der Waals surface area (Å²) < 4.78 is 0. The molecule has 0 bridgehead atoms. The van der Waals surface area contributed by atoms with Gasteiger partial charge in [0.1, 0.15) is 0 Å². The van der Waals surface area contributed by atoms with Crippen LogP contribution in [0.2, 0.25) is 0 Å². The second kappa shape index (κ2) is 7.96. The van der Waals surface area contributed by atoms with E-state index < -0.39 is 0 Å². The number of rotatable bonds is 8. The molecule has 0 saturated heterocycles. The van der Waals surface area contributed by atoms with Gasteiger partial charge in [0.15, 0.2) is 0 Å². The molecule has 0 unspecified atom stereocenters. The van der Waals surface area contributed by atoms with Gasteiger partial charge in [0.2, 0.25) is 0 Å². The third-order valence-corrected chi connectivity index (χ3v) is 3.62. The Morgan fingerprint density at radius 2 is 1.20 bits per heavy atom. The zero-order valence-electron chi connectivity index (χ0n) is 10.8. The van der Waals surface area contributed by atoms with Crippen LogP contribution in [0.1, 0.15) is 84.5 Å². The average Bonchev–Trinajstić information content (AvgIpc) is 2.67. The zero-order chi connectivity index (χ0) is 10.9. The quantitative estimate of drug-likeness (QED) is 0.358. The molecule has 1 rings (SSSR count). The molecule has 0 aromatic carbocycles. The highest BCUT2D eigenvalue weighted by Gasteiger charge is 2.13. The second-order valence-corrected chi connectivity index (χ2v) is 4.97. The van der Waals surface area contributed by atoms with Crippen LogP contribution in [0.3, 0.4) is 0 Å². The van der Waals surface area contributed by atoms with Crippen molar-refractivity contribution in [2.45, 2.75) is 84.5 Å². The van der Waals surface area contributed by atoms with E-state index >= 15 is 0 Å². The highest BCUT2D eigenvalue weighted by Crippen LogP contribution is 2.32. The van der Waals surface area contributed by atoms with E-state index in [1.807, 2.05) is 11.1 Å². The molecule has 0 fully saturated rings. The van der Waals surface area contributed by atoms with Crippen molar-refractivity contribution in [1.82, 2.24) is 0 Å². The van der Waals surface area contributed by atoms with Crippen molar-refractivity contribution < 1.29 is 0 Å². The maximum atomic E-state index is 2.30. The Bertz CT molecular complexity index is 168. The fourth-order valence-corrected chi connectivity index (χ4v) is 2.65. The maximum Gasteiger partial charge on any atom is -0.0315 e. The van der Waals surface area contributed by atoms with Crippen LogP contribution in [0.4, 0.5) is 0 Å². The van der Waals surface area contributed by atoms with Gasteiger partial charge >= 0.3 is 0 Å². The summed E-state index contributed by atoms with van der Waals surface area (Å²) in [6, 6.07) is 0. The molecule has 0 heterocycles. The van der Waals surface area contributed by atoms with Gasteiger partial charge < -0.3 is 0 Å². The largest absolute Gasteiger partial charge is 0.0710 e. The van der Waals surface area contributed by atoms with E-state index in [2.05, 4.69) is 13.8 Å². The van der Waals surface area contributed by atoms with Gasteiger partial charge in [-0.3, -0.25) is 0 Å². The van der Waals surface area contributed by atoms with Crippen LogP contribution in [0.15, 0.2) is 11.1 Å². The predicted octanol–water partition coefficient (Wildman–Crippen LogP) is 5.63. The summed E-state index contributed by atoms with van der Waals surface area (Å²) in [7, 11) is 0. The smallest absolute Gasteiger partial charge is 0.0315 e. The highest BCUT2D eigenvalue weighted by molar-refractivity contribution is 5.19. The Labute approximate surface area is 96.2 Å². The molecule has 1 aliphatic carbocycles. The summed E-state index contributed by atoms with van der Waals surface area (Å²) in [6.45, 7) is 4.59. The van der Waals surface area contributed by atoms with Crippen LogP contribution in [-0.2, 0) is 0 Å². The normalized spacial score (nSPS) is 16.4. The SMILES string of the molecule is CCCCCC1=C(CCCCC)CCC1. The van der Waals surface area contributed by atoms with Crippen LogP contribution in [0, 0.1) is 0 Å². The number of unbranched alkanes of at least 4 members (excludes halogenated alkanes) is 4. The molecule has 1 aliphatic rings. The molecule has 0 N–H and O–H groups in total. The molecule has 0 amide bonds. The molecule has 0 atom stereocenters. The second-order valence-electron chi connectivity index (χ2n) is 4.97. The number of allylic oxidation sites excluding steroid dienone is 2. The van der Waals surface area contributed by atoms with Crippen LogP contribution >= 0.6 is 0 Å². The molecule has 0 aromatic heterocycles.